The van der Waals surface area contributed by atoms with Crippen molar-refractivity contribution < 1.29 is 18.3 Å². The Morgan fingerprint density at radius 2 is 2.04 bits per heavy atom. The number of alkyl carbamates (subject to hydrolysis) is 1. The lowest BCUT2D eigenvalue weighted by Crippen LogP contribution is -2.34. The number of halogens is 2. The molecule has 0 radical (unpaired) electrons. The number of nitrogens with zero attached hydrogens (tertiary/aromatic N) is 1. The van der Waals surface area contributed by atoms with E-state index in [2.05, 4.69) is 10.3 Å². The van der Waals surface area contributed by atoms with Gasteiger partial charge >= 0.3 is 11.3 Å². The minimum absolute atomic E-state index is 0.167. The average molecular weight is 360 g/mol. The van der Waals surface area contributed by atoms with Gasteiger partial charge in [-0.25, -0.2) is 9.78 Å². The van der Waals surface area contributed by atoms with Crippen molar-refractivity contribution >= 4 is 39.4 Å². The Balaban J connectivity index is 1.85. The highest BCUT2D eigenvalue weighted by Gasteiger charge is 2.32. The number of thioether (sulfide) groups is 1. The predicted molar refractivity (Wildman–Crippen MR) is 89.3 cm³/mol. The van der Waals surface area contributed by atoms with Crippen molar-refractivity contribution in [2.24, 2.45) is 0 Å². The van der Waals surface area contributed by atoms with E-state index < -0.39 is 23.4 Å². The molecule has 23 heavy (non-hydrogen) atoms. The van der Waals surface area contributed by atoms with E-state index in [-0.39, 0.29) is 6.54 Å². The average Bonchev–Trinajstić information content (AvgIpc) is 2.77. The predicted octanol–water partition coefficient (Wildman–Crippen LogP) is 4.90. The molecule has 0 saturated carbocycles. The molecule has 1 aromatic heterocycles. The Kier molecular flexibility index (Phi) is 5.46. The van der Waals surface area contributed by atoms with Gasteiger partial charge in [0.05, 0.1) is 10.2 Å². The largest absolute Gasteiger partial charge is 0.444 e. The second-order valence-electron chi connectivity index (χ2n) is 5.87. The van der Waals surface area contributed by atoms with E-state index in [0.29, 0.717) is 21.6 Å². The number of carbonyl (C=O) groups is 1. The molecule has 1 N–H and O–H groups in total. The van der Waals surface area contributed by atoms with Gasteiger partial charge in [0.1, 0.15) is 5.60 Å². The highest BCUT2D eigenvalue weighted by atomic mass is 32.2. The van der Waals surface area contributed by atoms with Gasteiger partial charge in [-0.1, -0.05) is 12.1 Å². The van der Waals surface area contributed by atoms with Gasteiger partial charge < -0.3 is 10.1 Å². The fourth-order valence-corrected chi connectivity index (χ4v) is 3.80. The van der Waals surface area contributed by atoms with Gasteiger partial charge in [-0.3, -0.25) is 0 Å². The summed E-state index contributed by atoms with van der Waals surface area (Å²) in [5, 5.41) is -0.675. The second kappa shape index (κ2) is 7.00. The van der Waals surface area contributed by atoms with Crippen molar-refractivity contribution in [2.45, 2.75) is 42.4 Å². The van der Waals surface area contributed by atoms with Crippen molar-refractivity contribution in [1.29, 1.82) is 0 Å². The van der Waals surface area contributed by atoms with Crippen molar-refractivity contribution in [2.75, 3.05) is 6.54 Å². The van der Waals surface area contributed by atoms with Crippen LogP contribution in [-0.4, -0.2) is 28.5 Å². The van der Waals surface area contributed by atoms with Gasteiger partial charge in [-0.05, 0) is 44.7 Å². The molecule has 1 aromatic carbocycles. The number of aromatic nitrogens is 1. The van der Waals surface area contributed by atoms with Gasteiger partial charge in [0.2, 0.25) is 0 Å². The van der Waals surface area contributed by atoms with Gasteiger partial charge in [-0.2, -0.15) is 8.78 Å². The van der Waals surface area contributed by atoms with Crippen LogP contribution in [0.15, 0.2) is 28.6 Å². The van der Waals surface area contributed by atoms with Crippen LogP contribution in [0.3, 0.4) is 0 Å². The Labute approximate surface area is 141 Å². The molecule has 0 aliphatic heterocycles. The molecule has 1 amide bonds. The van der Waals surface area contributed by atoms with Crippen LogP contribution in [0.5, 0.6) is 0 Å². The van der Waals surface area contributed by atoms with Crippen molar-refractivity contribution in [3.05, 3.63) is 24.3 Å². The molecule has 0 aliphatic rings. The Bertz CT molecular complexity index is 650. The summed E-state index contributed by atoms with van der Waals surface area (Å²) in [5.41, 5.74) is 0.0604. The molecule has 0 spiro atoms. The van der Waals surface area contributed by atoms with Crippen LogP contribution in [0.2, 0.25) is 0 Å². The number of hydrogen-bond acceptors (Lipinski definition) is 5. The standard InChI is InChI=1S/C15H18F2N2O2S2/c1-14(2,3)21-12(20)18-9-8-15(16,17)23-13-19-10-6-4-5-7-11(10)22-13/h4-7H,8-9H2,1-3H3,(H,18,20). The summed E-state index contributed by atoms with van der Waals surface area (Å²) in [6.07, 6.45) is -1.19. The Hall–Kier alpha value is -1.41. The SMILES string of the molecule is CC(C)(C)OC(=O)NCCC(F)(F)Sc1nc2ccccc2s1. The number of nitrogens with one attached hydrogen (secondary N) is 1. The van der Waals surface area contributed by atoms with Gasteiger partial charge in [0, 0.05) is 13.0 Å². The molecule has 1 heterocycles. The zero-order valence-electron chi connectivity index (χ0n) is 13.1. The first-order chi connectivity index (χ1) is 10.6. The molecule has 0 aliphatic carbocycles. The lowest BCUT2D eigenvalue weighted by Gasteiger charge is -2.20. The van der Waals surface area contributed by atoms with Crippen LogP contribution in [-0.2, 0) is 4.74 Å². The number of rotatable bonds is 5. The molecule has 8 heteroatoms. The van der Waals surface area contributed by atoms with E-state index in [4.69, 9.17) is 4.74 Å². The molecule has 2 aromatic rings. The van der Waals surface area contributed by atoms with Crippen molar-refractivity contribution in [1.82, 2.24) is 10.3 Å². The summed E-state index contributed by atoms with van der Waals surface area (Å²) in [5.74, 6) is 0. The minimum atomic E-state index is -3.01. The van der Waals surface area contributed by atoms with Crippen molar-refractivity contribution in [3.63, 3.8) is 0 Å². The van der Waals surface area contributed by atoms with E-state index in [9.17, 15) is 13.6 Å². The maximum absolute atomic E-state index is 14.0. The van der Waals surface area contributed by atoms with Crippen LogP contribution in [0.4, 0.5) is 13.6 Å². The summed E-state index contributed by atoms with van der Waals surface area (Å²) in [6.45, 7) is 4.97. The van der Waals surface area contributed by atoms with E-state index in [1.54, 1.807) is 26.8 Å². The zero-order valence-corrected chi connectivity index (χ0v) is 14.7. The summed E-state index contributed by atoms with van der Waals surface area (Å²) in [7, 11) is 0. The number of benzene rings is 1. The lowest BCUT2D eigenvalue weighted by molar-refractivity contribution is 0.0499. The van der Waals surface area contributed by atoms with E-state index in [0.717, 1.165) is 4.70 Å². The molecule has 0 fully saturated rings. The third-order valence-electron chi connectivity index (χ3n) is 2.60. The van der Waals surface area contributed by atoms with Crippen LogP contribution in [0, 0.1) is 0 Å². The van der Waals surface area contributed by atoms with Crippen LogP contribution in [0.25, 0.3) is 10.2 Å². The molecule has 126 valence electrons. The fourth-order valence-electron chi connectivity index (χ4n) is 1.70. The van der Waals surface area contributed by atoms with Crippen LogP contribution < -0.4 is 5.32 Å². The number of thiazole rings is 1. The first-order valence-corrected chi connectivity index (χ1v) is 8.67. The summed E-state index contributed by atoms with van der Waals surface area (Å²) < 4.78 is 34.1. The molecular weight excluding hydrogens is 342 g/mol. The highest BCUT2D eigenvalue weighted by molar-refractivity contribution is 8.02. The number of hydrogen-bond donors (Lipinski definition) is 1. The number of fused-ring (bicyclic) bond motifs is 1. The first kappa shape index (κ1) is 17.9. The van der Waals surface area contributed by atoms with Gasteiger partial charge in [-0.15, -0.1) is 11.3 Å². The molecule has 2 rings (SSSR count). The second-order valence-corrected chi connectivity index (χ2v) is 8.34. The number of para-hydroxylation sites is 1. The highest BCUT2D eigenvalue weighted by Crippen LogP contribution is 2.41. The lowest BCUT2D eigenvalue weighted by atomic mass is 10.2. The number of alkyl halides is 2. The number of amides is 1. The van der Waals surface area contributed by atoms with Gasteiger partial charge in [0.15, 0.2) is 4.34 Å². The molecule has 0 saturated heterocycles. The zero-order chi connectivity index (χ0) is 17.1. The van der Waals surface area contributed by atoms with Crippen LogP contribution >= 0.6 is 23.1 Å². The van der Waals surface area contributed by atoms with E-state index in [1.165, 1.54) is 11.3 Å². The molecular formula is C15H18F2N2O2S2. The van der Waals surface area contributed by atoms with Crippen LogP contribution in [0.1, 0.15) is 27.2 Å². The Morgan fingerprint density at radius 3 is 2.70 bits per heavy atom. The summed E-state index contributed by atoms with van der Waals surface area (Å²) in [6, 6.07) is 7.30. The fraction of sp³-hybridized carbons (Fsp3) is 0.467. The third-order valence-corrected chi connectivity index (χ3v) is 4.69. The van der Waals surface area contributed by atoms with Gasteiger partial charge in [0.25, 0.3) is 0 Å². The molecule has 4 nitrogen and oxygen atoms in total. The molecule has 0 unspecified atom stereocenters. The monoisotopic (exact) mass is 360 g/mol. The van der Waals surface area contributed by atoms with Crippen molar-refractivity contribution in [3.8, 4) is 0 Å². The third kappa shape index (κ3) is 5.95. The first-order valence-electron chi connectivity index (χ1n) is 7.04. The van der Waals surface area contributed by atoms with E-state index in [1.807, 2.05) is 18.2 Å². The number of ether oxygens (including phenoxy) is 1. The summed E-state index contributed by atoms with van der Waals surface area (Å²) in [4.78, 5) is 15.6. The van der Waals surface area contributed by atoms with E-state index >= 15 is 0 Å². The molecule has 0 atom stereocenters. The summed E-state index contributed by atoms with van der Waals surface area (Å²) >= 11 is 1.65. The maximum atomic E-state index is 14.0. The normalized spacial score (nSPS) is 12.4. The quantitative estimate of drug-likeness (QED) is 0.771. The smallest absolute Gasteiger partial charge is 0.407 e. The molecule has 0 bridgehead atoms. The minimum Gasteiger partial charge on any atom is -0.444 e. The topological polar surface area (TPSA) is 51.2 Å². The number of carbonyl (C=O) groups excluding carboxylic acids is 1. The Morgan fingerprint density at radius 1 is 1.35 bits per heavy atom. The maximum Gasteiger partial charge on any atom is 0.407 e.